The van der Waals surface area contributed by atoms with Gasteiger partial charge in [0.25, 0.3) is 0 Å². The molecule has 1 atom stereocenters. The number of carbonyl (C=O) groups excluding carboxylic acids is 1. The van der Waals surface area contributed by atoms with Crippen LogP contribution in [0.2, 0.25) is 0 Å². The maximum absolute atomic E-state index is 11.6. The van der Waals surface area contributed by atoms with E-state index in [1.54, 1.807) is 0 Å². The minimum Gasteiger partial charge on any atom is -0.314 e. The fourth-order valence-corrected chi connectivity index (χ4v) is 1.74. The molecule has 0 saturated carbocycles. The SMILES string of the molecule is CCNC(C)CC(=O)CC(CC)CC. The van der Waals surface area contributed by atoms with Crippen LogP contribution in [0.5, 0.6) is 0 Å². The van der Waals surface area contributed by atoms with Crippen molar-refractivity contribution in [2.45, 2.75) is 59.4 Å². The number of hydrogen-bond acceptors (Lipinski definition) is 2. The first kappa shape index (κ1) is 13.6. The van der Waals surface area contributed by atoms with Gasteiger partial charge in [0.2, 0.25) is 0 Å². The van der Waals surface area contributed by atoms with E-state index in [1.165, 1.54) is 0 Å². The molecule has 0 aromatic carbocycles. The third-order valence-corrected chi connectivity index (χ3v) is 2.76. The Kier molecular flexibility index (Phi) is 7.77. The van der Waals surface area contributed by atoms with E-state index in [0.717, 1.165) is 25.8 Å². The Morgan fingerprint density at radius 2 is 1.71 bits per heavy atom. The van der Waals surface area contributed by atoms with E-state index in [1.807, 2.05) is 0 Å². The molecular weight excluding hydrogens is 174 g/mol. The van der Waals surface area contributed by atoms with Crippen molar-refractivity contribution in [3.05, 3.63) is 0 Å². The van der Waals surface area contributed by atoms with Crippen molar-refractivity contribution in [1.82, 2.24) is 5.32 Å². The average molecular weight is 199 g/mol. The minimum absolute atomic E-state index is 0.335. The van der Waals surface area contributed by atoms with Crippen LogP contribution in [0, 0.1) is 5.92 Å². The normalized spacial score (nSPS) is 13.2. The molecular formula is C12H25NO. The van der Waals surface area contributed by atoms with Crippen molar-refractivity contribution in [1.29, 1.82) is 0 Å². The summed E-state index contributed by atoms with van der Waals surface area (Å²) < 4.78 is 0. The second kappa shape index (κ2) is 7.98. The molecule has 0 aromatic rings. The van der Waals surface area contributed by atoms with E-state index in [0.29, 0.717) is 24.2 Å². The molecule has 2 nitrogen and oxygen atoms in total. The quantitative estimate of drug-likeness (QED) is 0.651. The van der Waals surface area contributed by atoms with Crippen molar-refractivity contribution >= 4 is 5.78 Å². The van der Waals surface area contributed by atoms with Gasteiger partial charge < -0.3 is 5.32 Å². The summed E-state index contributed by atoms with van der Waals surface area (Å²) >= 11 is 0. The van der Waals surface area contributed by atoms with Crippen molar-refractivity contribution in [2.24, 2.45) is 5.92 Å². The lowest BCUT2D eigenvalue weighted by Gasteiger charge is -2.14. The Labute approximate surface area is 88.5 Å². The molecule has 2 heteroatoms. The largest absolute Gasteiger partial charge is 0.314 e. The highest BCUT2D eigenvalue weighted by Crippen LogP contribution is 2.14. The molecule has 0 aliphatic heterocycles. The Morgan fingerprint density at radius 3 is 2.14 bits per heavy atom. The highest BCUT2D eigenvalue weighted by Gasteiger charge is 2.12. The predicted molar refractivity (Wildman–Crippen MR) is 61.5 cm³/mol. The molecule has 1 unspecified atom stereocenters. The average Bonchev–Trinajstić information content (AvgIpc) is 2.14. The lowest BCUT2D eigenvalue weighted by molar-refractivity contribution is -0.120. The van der Waals surface area contributed by atoms with Crippen LogP contribution in [0.15, 0.2) is 0 Å². The van der Waals surface area contributed by atoms with Gasteiger partial charge in [-0.1, -0.05) is 33.6 Å². The number of carbonyl (C=O) groups is 1. The van der Waals surface area contributed by atoms with Crippen molar-refractivity contribution in [2.75, 3.05) is 6.54 Å². The highest BCUT2D eigenvalue weighted by atomic mass is 16.1. The van der Waals surface area contributed by atoms with Gasteiger partial charge in [-0.3, -0.25) is 4.79 Å². The maximum Gasteiger partial charge on any atom is 0.134 e. The molecule has 84 valence electrons. The van der Waals surface area contributed by atoms with Crippen LogP contribution >= 0.6 is 0 Å². The van der Waals surface area contributed by atoms with Gasteiger partial charge in [-0.25, -0.2) is 0 Å². The highest BCUT2D eigenvalue weighted by molar-refractivity contribution is 5.79. The number of nitrogens with one attached hydrogen (secondary N) is 1. The molecule has 0 heterocycles. The summed E-state index contributed by atoms with van der Waals surface area (Å²) in [5.74, 6) is 1.00. The van der Waals surface area contributed by atoms with Gasteiger partial charge in [0, 0.05) is 18.9 Å². The molecule has 0 aliphatic rings. The molecule has 1 N–H and O–H groups in total. The molecule has 14 heavy (non-hydrogen) atoms. The Morgan fingerprint density at radius 1 is 1.14 bits per heavy atom. The molecule has 0 rings (SSSR count). The van der Waals surface area contributed by atoms with Gasteiger partial charge in [-0.2, -0.15) is 0 Å². The predicted octanol–water partition coefficient (Wildman–Crippen LogP) is 2.77. The third kappa shape index (κ3) is 6.14. The van der Waals surface area contributed by atoms with E-state index >= 15 is 0 Å². The molecule has 0 aromatic heterocycles. The van der Waals surface area contributed by atoms with Crippen LogP contribution in [0.4, 0.5) is 0 Å². The molecule has 0 saturated heterocycles. The van der Waals surface area contributed by atoms with E-state index in [-0.39, 0.29) is 0 Å². The zero-order valence-electron chi connectivity index (χ0n) is 10.1. The third-order valence-electron chi connectivity index (χ3n) is 2.76. The second-order valence-corrected chi connectivity index (χ2v) is 4.09. The Balaban J connectivity index is 3.73. The summed E-state index contributed by atoms with van der Waals surface area (Å²) in [7, 11) is 0. The Bertz CT molecular complexity index is 152. The Hall–Kier alpha value is -0.370. The molecule has 0 aliphatic carbocycles. The number of Topliss-reactive ketones (excluding diaryl/α,β-unsaturated/α-hetero) is 1. The fraction of sp³-hybridized carbons (Fsp3) is 0.917. The van der Waals surface area contributed by atoms with E-state index in [2.05, 4.69) is 33.0 Å². The second-order valence-electron chi connectivity index (χ2n) is 4.09. The molecule has 0 bridgehead atoms. The molecule has 0 fully saturated rings. The number of hydrogen-bond donors (Lipinski definition) is 1. The first-order valence-corrected chi connectivity index (χ1v) is 5.89. The lowest BCUT2D eigenvalue weighted by Crippen LogP contribution is -2.28. The molecule has 0 radical (unpaired) electrons. The van der Waals surface area contributed by atoms with Gasteiger partial charge in [0.15, 0.2) is 0 Å². The summed E-state index contributed by atoms with van der Waals surface area (Å²) in [5, 5.41) is 3.26. The van der Waals surface area contributed by atoms with Crippen LogP contribution in [0.1, 0.15) is 53.4 Å². The first-order valence-electron chi connectivity index (χ1n) is 5.89. The monoisotopic (exact) mass is 199 g/mol. The van der Waals surface area contributed by atoms with Crippen LogP contribution in [0.3, 0.4) is 0 Å². The van der Waals surface area contributed by atoms with Crippen LogP contribution in [-0.4, -0.2) is 18.4 Å². The summed E-state index contributed by atoms with van der Waals surface area (Å²) in [5.41, 5.74) is 0. The van der Waals surface area contributed by atoms with Crippen LogP contribution in [0.25, 0.3) is 0 Å². The van der Waals surface area contributed by atoms with Crippen molar-refractivity contribution in [3.8, 4) is 0 Å². The zero-order chi connectivity index (χ0) is 11.0. The summed E-state index contributed by atoms with van der Waals surface area (Å²) in [6.45, 7) is 9.42. The first-order chi connectivity index (χ1) is 6.63. The van der Waals surface area contributed by atoms with E-state index in [9.17, 15) is 4.79 Å². The number of ketones is 1. The van der Waals surface area contributed by atoms with Crippen molar-refractivity contribution < 1.29 is 4.79 Å². The summed E-state index contributed by atoms with van der Waals surface area (Å²) in [4.78, 5) is 11.6. The van der Waals surface area contributed by atoms with Gasteiger partial charge in [0.05, 0.1) is 0 Å². The van der Waals surface area contributed by atoms with Gasteiger partial charge in [-0.05, 0) is 19.4 Å². The number of rotatable bonds is 8. The van der Waals surface area contributed by atoms with E-state index < -0.39 is 0 Å². The summed E-state index contributed by atoms with van der Waals surface area (Å²) in [6, 6.07) is 0.335. The van der Waals surface area contributed by atoms with E-state index in [4.69, 9.17) is 0 Å². The minimum atomic E-state index is 0.335. The maximum atomic E-state index is 11.6. The van der Waals surface area contributed by atoms with Gasteiger partial charge in [0.1, 0.15) is 5.78 Å². The topological polar surface area (TPSA) is 29.1 Å². The smallest absolute Gasteiger partial charge is 0.134 e. The zero-order valence-corrected chi connectivity index (χ0v) is 10.1. The van der Waals surface area contributed by atoms with Gasteiger partial charge >= 0.3 is 0 Å². The van der Waals surface area contributed by atoms with Gasteiger partial charge in [-0.15, -0.1) is 0 Å². The molecule has 0 amide bonds. The van der Waals surface area contributed by atoms with Crippen molar-refractivity contribution in [3.63, 3.8) is 0 Å². The lowest BCUT2D eigenvalue weighted by atomic mass is 9.94. The fourth-order valence-electron chi connectivity index (χ4n) is 1.74. The van der Waals surface area contributed by atoms with Crippen LogP contribution in [-0.2, 0) is 4.79 Å². The standard InChI is InChI=1S/C12H25NO/c1-5-11(6-2)9-12(14)8-10(4)13-7-3/h10-11,13H,5-9H2,1-4H3. The van der Waals surface area contributed by atoms with Crippen LogP contribution < -0.4 is 5.32 Å². The molecule has 0 spiro atoms. The summed E-state index contributed by atoms with van der Waals surface area (Å²) in [6.07, 6.45) is 3.70.